The summed E-state index contributed by atoms with van der Waals surface area (Å²) in [6.07, 6.45) is 6.24. The van der Waals surface area contributed by atoms with Crippen molar-refractivity contribution in [3.05, 3.63) is 56.3 Å². The molecule has 1 N–H and O–H groups in total. The van der Waals surface area contributed by atoms with E-state index in [1.165, 1.54) is 18.9 Å². The zero-order valence-electron chi connectivity index (χ0n) is 11.3. The smallest absolute Gasteiger partial charge is 0.275 e. The second-order valence-corrected chi connectivity index (χ2v) is 6.15. The highest BCUT2D eigenvalue weighted by Gasteiger charge is 2.20. The molecule has 2 aromatic rings. The van der Waals surface area contributed by atoms with Gasteiger partial charge in [-0.3, -0.25) is 14.8 Å². The average Bonchev–Trinajstić information content (AvgIpc) is 3.18. The molecule has 0 aliphatic heterocycles. The van der Waals surface area contributed by atoms with Crippen LogP contribution in [0.5, 0.6) is 0 Å². The fraction of sp³-hybridized carbons (Fsp3) is 0.357. The molecule has 3 rings (SSSR count). The number of nitro groups is 1. The monoisotopic (exact) mass is 350 g/mol. The summed E-state index contributed by atoms with van der Waals surface area (Å²) in [5, 5.41) is 18.8. The Morgan fingerprint density at radius 2 is 2.29 bits per heavy atom. The van der Waals surface area contributed by atoms with Gasteiger partial charge in [0.15, 0.2) is 0 Å². The van der Waals surface area contributed by atoms with Crippen molar-refractivity contribution in [2.24, 2.45) is 0 Å². The van der Waals surface area contributed by atoms with Gasteiger partial charge in [0, 0.05) is 34.9 Å². The summed E-state index contributed by atoms with van der Waals surface area (Å²) < 4.78 is 2.44. The second kappa shape index (κ2) is 5.95. The Labute approximate surface area is 130 Å². The molecule has 1 heterocycles. The highest BCUT2D eigenvalue weighted by molar-refractivity contribution is 9.10. The predicted octanol–water partition coefficient (Wildman–Crippen LogP) is 2.85. The van der Waals surface area contributed by atoms with Crippen molar-refractivity contribution in [2.75, 3.05) is 0 Å². The molecular formula is C14H15BrN4O2. The quantitative estimate of drug-likeness (QED) is 0.642. The zero-order chi connectivity index (χ0) is 14.8. The third-order valence-electron chi connectivity index (χ3n) is 3.44. The summed E-state index contributed by atoms with van der Waals surface area (Å²) in [6.45, 7) is 1.19. The Morgan fingerprint density at radius 1 is 1.48 bits per heavy atom. The number of hydrogen-bond acceptors (Lipinski definition) is 4. The van der Waals surface area contributed by atoms with Crippen LogP contribution in [0, 0.1) is 10.1 Å². The molecule has 110 valence electrons. The molecular weight excluding hydrogens is 336 g/mol. The van der Waals surface area contributed by atoms with Gasteiger partial charge in [-0.15, -0.1) is 0 Å². The molecule has 6 nitrogen and oxygen atoms in total. The topological polar surface area (TPSA) is 73.0 Å². The minimum absolute atomic E-state index is 0.109. The van der Waals surface area contributed by atoms with Gasteiger partial charge in [0.05, 0.1) is 23.2 Å². The van der Waals surface area contributed by atoms with Crippen molar-refractivity contribution in [1.29, 1.82) is 0 Å². The fourth-order valence-electron chi connectivity index (χ4n) is 2.15. The van der Waals surface area contributed by atoms with E-state index in [0.29, 0.717) is 22.6 Å². The molecule has 0 radical (unpaired) electrons. The molecule has 0 saturated heterocycles. The second-order valence-electron chi connectivity index (χ2n) is 5.23. The molecule has 0 spiro atoms. The minimum Gasteiger partial charge on any atom is -0.310 e. The molecule has 7 heteroatoms. The summed E-state index contributed by atoms with van der Waals surface area (Å²) in [5.74, 6) is 0. The third kappa shape index (κ3) is 3.68. The van der Waals surface area contributed by atoms with Crippen molar-refractivity contribution in [1.82, 2.24) is 15.1 Å². The van der Waals surface area contributed by atoms with Crippen LogP contribution in [-0.2, 0) is 13.1 Å². The van der Waals surface area contributed by atoms with Gasteiger partial charge in [0.2, 0.25) is 0 Å². The lowest BCUT2D eigenvalue weighted by molar-refractivity contribution is -0.385. The van der Waals surface area contributed by atoms with Gasteiger partial charge in [-0.1, -0.05) is 15.9 Å². The van der Waals surface area contributed by atoms with E-state index in [1.807, 2.05) is 6.20 Å². The van der Waals surface area contributed by atoms with Crippen LogP contribution in [-0.4, -0.2) is 20.7 Å². The van der Waals surface area contributed by atoms with Crippen molar-refractivity contribution in [3.8, 4) is 0 Å². The van der Waals surface area contributed by atoms with Crippen LogP contribution in [0.1, 0.15) is 24.0 Å². The largest absolute Gasteiger partial charge is 0.310 e. The van der Waals surface area contributed by atoms with Gasteiger partial charge in [-0.2, -0.15) is 5.10 Å². The van der Waals surface area contributed by atoms with Crippen molar-refractivity contribution in [2.45, 2.75) is 32.0 Å². The Morgan fingerprint density at radius 3 is 3.00 bits per heavy atom. The SMILES string of the molecule is O=[N+]([O-])c1cc(Br)ccc1Cn1cc(CNC2CC2)cn1. The lowest BCUT2D eigenvalue weighted by atomic mass is 10.2. The minimum atomic E-state index is -0.362. The normalized spacial score (nSPS) is 14.3. The number of hydrogen-bond donors (Lipinski definition) is 1. The molecule has 1 aliphatic rings. The molecule has 1 aromatic carbocycles. The van der Waals surface area contributed by atoms with E-state index in [1.54, 1.807) is 23.0 Å². The molecule has 21 heavy (non-hydrogen) atoms. The summed E-state index contributed by atoms with van der Waals surface area (Å²) in [7, 11) is 0. The van der Waals surface area contributed by atoms with E-state index in [9.17, 15) is 10.1 Å². The van der Waals surface area contributed by atoms with Gasteiger partial charge in [0.1, 0.15) is 0 Å². The van der Waals surface area contributed by atoms with Crippen molar-refractivity contribution in [3.63, 3.8) is 0 Å². The molecule has 0 bridgehead atoms. The average molecular weight is 351 g/mol. The Kier molecular flexibility index (Phi) is 4.03. The van der Waals surface area contributed by atoms with Crippen LogP contribution >= 0.6 is 15.9 Å². The first-order chi connectivity index (χ1) is 10.1. The molecule has 0 unspecified atom stereocenters. The summed E-state index contributed by atoms with van der Waals surface area (Å²) >= 11 is 3.26. The first-order valence-corrected chi connectivity index (χ1v) is 7.58. The number of nitro benzene ring substituents is 1. The van der Waals surface area contributed by atoms with Gasteiger partial charge < -0.3 is 5.32 Å². The van der Waals surface area contributed by atoms with Crippen LogP contribution in [0.3, 0.4) is 0 Å². The van der Waals surface area contributed by atoms with Gasteiger partial charge in [0.25, 0.3) is 5.69 Å². The van der Waals surface area contributed by atoms with Crippen LogP contribution < -0.4 is 5.32 Å². The summed E-state index contributed by atoms with van der Waals surface area (Å²) in [5.41, 5.74) is 1.85. The number of rotatable bonds is 6. The Hall–Kier alpha value is -1.73. The number of benzene rings is 1. The maximum absolute atomic E-state index is 11.1. The Bertz CT molecular complexity index is 667. The molecule has 0 amide bonds. The number of aromatic nitrogens is 2. The van der Waals surface area contributed by atoms with Crippen molar-refractivity contribution < 1.29 is 4.92 Å². The van der Waals surface area contributed by atoms with E-state index in [0.717, 1.165) is 12.1 Å². The summed E-state index contributed by atoms with van der Waals surface area (Å²) in [6, 6.07) is 5.74. The van der Waals surface area contributed by atoms with Crippen LogP contribution in [0.4, 0.5) is 5.69 Å². The molecule has 1 aromatic heterocycles. The maximum Gasteiger partial charge on any atom is 0.275 e. The standard InChI is InChI=1S/C14H15BrN4O2/c15-12-2-1-11(14(5-12)19(20)21)9-18-8-10(7-17-18)6-16-13-3-4-13/h1-2,5,7-8,13,16H,3-4,6,9H2. The maximum atomic E-state index is 11.1. The Balaban J connectivity index is 1.72. The van der Waals surface area contributed by atoms with E-state index in [-0.39, 0.29) is 10.6 Å². The number of nitrogens with zero attached hydrogens (tertiary/aromatic N) is 3. The van der Waals surface area contributed by atoms with E-state index in [2.05, 4.69) is 26.3 Å². The van der Waals surface area contributed by atoms with Gasteiger partial charge >= 0.3 is 0 Å². The fourth-order valence-corrected chi connectivity index (χ4v) is 2.50. The number of nitrogens with one attached hydrogen (secondary N) is 1. The van der Waals surface area contributed by atoms with Crippen LogP contribution in [0.25, 0.3) is 0 Å². The van der Waals surface area contributed by atoms with E-state index >= 15 is 0 Å². The highest BCUT2D eigenvalue weighted by Crippen LogP contribution is 2.24. The van der Waals surface area contributed by atoms with Crippen molar-refractivity contribution >= 4 is 21.6 Å². The van der Waals surface area contributed by atoms with Gasteiger partial charge in [-0.05, 0) is 25.0 Å². The van der Waals surface area contributed by atoms with E-state index in [4.69, 9.17) is 0 Å². The lowest BCUT2D eigenvalue weighted by Crippen LogP contribution is -2.14. The first-order valence-electron chi connectivity index (χ1n) is 6.79. The number of halogens is 1. The van der Waals surface area contributed by atoms with Crippen LogP contribution in [0.2, 0.25) is 0 Å². The molecule has 1 saturated carbocycles. The predicted molar refractivity (Wildman–Crippen MR) is 82.0 cm³/mol. The van der Waals surface area contributed by atoms with E-state index < -0.39 is 0 Å². The molecule has 0 atom stereocenters. The third-order valence-corrected chi connectivity index (χ3v) is 3.93. The first kappa shape index (κ1) is 14.2. The van der Waals surface area contributed by atoms with Gasteiger partial charge in [-0.25, -0.2) is 0 Å². The summed E-state index contributed by atoms with van der Waals surface area (Å²) in [4.78, 5) is 10.7. The lowest BCUT2D eigenvalue weighted by Gasteiger charge is -2.04. The van der Waals surface area contributed by atoms with Crippen LogP contribution in [0.15, 0.2) is 35.1 Å². The highest BCUT2D eigenvalue weighted by atomic mass is 79.9. The molecule has 1 fully saturated rings. The molecule has 1 aliphatic carbocycles. The zero-order valence-corrected chi connectivity index (χ0v) is 12.9.